The quantitative estimate of drug-likeness (QED) is 0.477. The van der Waals surface area contributed by atoms with E-state index in [1.807, 2.05) is 30.3 Å². The minimum absolute atomic E-state index is 0.269. The number of hydrogen-bond donors (Lipinski definition) is 1. The van der Waals surface area contributed by atoms with Crippen molar-refractivity contribution in [2.24, 2.45) is 0 Å². The Morgan fingerprint density at radius 1 is 0.879 bits per heavy atom. The molecule has 0 spiro atoms. The van der Waals surface area contributed by atoms with Gasteiger partial charge in [0.1, 0.15) is 23.0 Å². The summed E-state index contributed by atoms with van der Waals surface area (Å²) in [4.78, 5) is 26.5. The molecule has 1 aromatic heterocycles. The number of aromatic nitrogens is 2. The Morgan fingerprint density at radius 2 is 1.58 bits per heavy atom. The highest BCUT2D eigenvalue weighted by Gasteiger charge is 2.21. The smallest absolute Gasteiger partial charge is 0.256 e. The largest absolute Gasteiger partial charge is 0.497 e. The van der Waals surface area contributed by atoms with Gasteiger partial charge in [-0.1, -0.05) is 30.3 Å². The van der Waals surface area contributed by atoms with Crippen LogP contribution < -0.4 is 20.2 Å². The lowest BCUT2D eigenvalue weighted by Gasteiger charge is -2.18. The van der Waals surface area contributed by atoms with Crippen LogP contribution in [0.4, 0.5) is 5.82 Å². The second-order valence-electron chi connectivity index (χ2n) is 7.30. The normalized spacial score (nSPS) is 10.5. The second-order valence-corrected chi connectivity index (χ2v) is 7.30. The number of nitrogens with one attached hydrogen (secondary N) is 1. The van der Waals surface area contributed by atoms with Crippen LogP contribution >= 0.6 is 0 Å². The van der Waals surface area contributed by atoms with Crippen molar-refractivity contribution in [1.29, 1.82) is 0 Å². The maximum atomic E-state index is 13.3. The summed E-state index contributed by atoms with van der Waals surface area (Å²) in [5.74, 6) is 1.13. The molecule has 0 atom stereocenters. The Bertz CT molecular complexity index is 1350. The van der Waals surface area contributed by atoms with Gasteiger partial charge < -0.3 is 14.8 Å². The summed E-state index contributed by atoms with van der Waals surface area (Å²) in [5.41, 5.74) is 2.08. The van der Waals surface area contributed by atoms with Crippen LogP contribution in [0.5, 0.6) is 11.5 Å². The van der Waals surface area contributed by atoms with E-state index in [1.165, 1.54) is 0 Å². The van der Waals surface area contributed by atoms with E-state index in [0.717, 1.165) is 0 Å². The standard InChI is InChI=1S/C26H23N3O4/c1-17-24(30)23(19-8-7-11-22(16-19)33-3)25(29(28-17)20-9-5-4-6-10-20)27-26(31)18-12-14-21(32-2)15-13-18/h4-16H,1-3H3,(H,27,31). The maximum Gasteiger partial charge on any atom is 0.256 e. The van der Waals surface area contributed by atoms with Crippen LogP contribution in [-0.4, -0.2) is 29.9 Å². The first kappa shape index (κ1) is 21.8. The van der Waals surface area contributed by atoms with Gasteiger partial charge in [-0.3, -0.25) is 9.59 Å². The Balaban J connectivity index is 1.92. The molecule has 1 amide bonds. The van der Waals surface area contributed by atoms with E-state index in [0.29, 0.717) is 39.6 Å². The van der Waals surface area contributed by atoms with Crippen LogP contribution in [0.1, 0.15) is 16.1 Å². The lowest BCUT2D eigenvalue weighted by molar-refractivity contribution is 0.102. The van der Waals surface area contributed by atoms with Crippen molar-refractivity contribution in [3.8, 4) is 28.3 Å². The Hall–Kier alpha value is -4.39. The summed E-state index contributed by atoms with van der Waals surface area (Å²) in [6.45, 7) is 1.65. The van der Waals surface area contributed by atoms with Crippen LogP contribution in [0.25, 0.3) is 16.8 Å². The molecule has 3 aromatic carbocycles. The molecule has 7 nitrogen and oxygen atoms in total. The number of carbonyl (C=O) groups excluding carboxylic acids is 1. The molecule has 7 heteroatoms. The molecule has 4 rings (SSSR count). The molecule has 0 aliphatic rings. The maximum absolute atomic E-state index is 13.3. The van der Waals surface area contributed by atoms with E-state index in [2.05, 4.69) is 10.4 Å². The van der Waals surface area contributed by atoms with E-state index >= 15 is 0 Å². The van der Waals surface area contributed by atoms with Crippen LogP contribution in [0.2, 0.25) is 0 Å². The number of methoxy groups -OCH3 is 2. The zero-order chi connectivity index (χ0) is 23.4. The molecule has 0 saturated heterocycles. The van der Waals surface area contributed by atoms with E-state index in [1.54, 1.807) is 74.4 Å². The molecule has 0 bridgehead atoms. The van der Waals surface area contributed by atoms with Crippen molar-refractivity contribution in [1.82, 2.24) is 9.78 Å². The number of ether oxygens (including phenoxy) is 2. The molecule has 1 heterocycles. The summed E-state index contributed by atoms with van der Waals surface area (Å²) in [5, 5.41) is 7.40. The first-order valence-electron chi connectivity index (χ1n) is 10.3. The van der Waals surface area contributed by atoms with Crippen molar-refractivity contribution in [3.63, 3.8) is 0 Å². The number of hydrogen-bond acceptors (Lipinski definition) is 5. The highest BCUT2D eigenvalue weighted by Crippen LogP contribution is 2.30. The second kappa shape index (κ2) is 9.40. The fourth-order valence-electron chi connectivity index (χ4n) is 3.48. The third-order valence-corrected chi connectivity index (χ3v) is 5.20. The first-order valence-corrected chi connectivity index (χ1v) is 10.3. The Kier molecular flexibility index (Phi) is 6.22. The van der Waals surface area contributed by atoms with Gasteiger partial charge in [0.05, 0.1) is 25.5 Å². The summed E-state index contributed by atoms with van der Waals surface area (Å²) < 4.78 is 12.1. The molecule has 0 radical (unpaired) electrons. The highest BCUT2D eigenvalue weighted by molar-refractivity contribution is 6.05. The zero-order valence-corrected chi connectivity index (χ0v) is 18.5. The zero-order valence-electron chi connectivity index (χ0n) is 18.5. The third kappa shape index (κ3) is 4.48. The lowest BCUT2D eigenvalue weighted by Crippen LogP contribution is -2.25. The predicted octanol–water partition coefficient (Wildman–Crippen LogP) is 4.48. The molecule has 0 aliphatic heterocycles. The first-order chi connectivity index (χ1) is 16.0. The summed E-state index contributed by atoms with van der Waals surface area (Å²) in [6.07, 6.45) is 0. The molecule has 166 valence electrons. The molecular formula is C26H23N3O4. The van der Waals surface area contributed by atoms with Gasteiger partial charge in [-0.05, 0) is 61.0 Å². The average molecular weight is 441 g/mol. The average Bonchev–Trinajstić information content (AvgIpc) is 2.86. The monoisotopic (exact) mass is 441 g/mol. The highest BCUT2D eigenvalue weighted by atomic mass is 16.5. The van der Waals surface area contributed by atoms with Crippen LogP contribution in [0, 0.1) is 6.92 Å². The SMILES string of the molecule is COc1ccc(C(=O)Nc2c(-c3cccc(OC)c3)c(=O)c(C)nn2-c2ccccc2)cc1. The molecule has 4 aromatic rings. The number of amides is 1. The van der Waals surface area contributed by atoms with Gasteiger partial charge in [0, 0.05) is 5.56 Å². The van der Waals surface area contributed by atoms with Crippen LogP contribution in [-0.2, 0) is 0 Å². The van der Waals surface area contributed by atoms with E-state index < -0.39 is 0 Å². The molecule has 0 aliphatic carbocycles. The van der Waals surface area contributed by atoms with Gasteiger partial charge in [-0.2, -0.15) is 5.10 Å². The molecule has 0 unspecified atom stereocenters. The van der Waals surface area contributed by atoms with Gasteiger partial charge in [-0.25, -0.2) is 4.68 Å². The number of nitrogens with zero attached hydrogens (tertiary/aromatic N) is 2. The Morgan fingerprint density at radius 3 is 2.24 bits per heavy atom. The van der Waals surface area contributed by atoms with Crippen LogP contribution in [0.3, 0.4) is 0 Å². The van der Waals surface area contributed by atoms with Crippen LogP contribution in [0.15, 0.2) is 83.7 Å². The number of aryl methyl sites for hydroxylation is 1. The fraction of sp³-hybridized carbons (Fsp3) is 0.115. The molecule has 0 saturated carbocycles. The van der Waals surface area contributed by atoms with E-state index in [4.69, 9.17) is 9.47 Å². The topological polar surface area (TPSA) is 82.4 Å². The van der Waals surface area contributed by atoms with Crippen molar-refractivity contribution in [3.05, 3.63) is 100 Å². The Labute approximate surface area is 191 Å². The van der Waals surface area contributed by atoms with Crippen molar-refractivity contribution in [2.75, 3.05) is 19.5 Å². The van der Waals surface area contributed by atoms with E-state index in [9.17, 15) is 9.59 Å². The van der Waals surface area contributed by atoms with Gasteiger partial charge >= 0.3 is 0 Å². The summed E-state index contributed by atoms with van der Waals surface area (Å²) in [7, 11) is 3.12. The van der Waals surface area contributed by atoms with E-state index in [-0.39, 0.29) is 17.2 Å². The molecular weight excluding hydrogens is 418 g/mol. The van der Waals surface area contributed by atoms with Gasteiger partial charge in [0.2, 0.25) is 5.43 Å². The fourth-order valence-corrected chi connectivity index (χ4v) is 3.48. The van der Waals surface area contributed by atoms with Gasteiger partial charge in [-0.15, -0.1) is 0 Å². The summed E-state index contributed by atoms with van der Waals surface area (Å²) in [6, 6.07) is 23.2. The van der Waals surface area contributed by atoms with Gasteiger partial charge in [0.15, 0.2) is 0 Å². The number of para-hydroxylation sites is 1. The number of benzene rings is 3. The molecule has 33 heavy (non-hydrogen) atoms. The predicted molar refractivity (Wildman–Crippen MR) is 128 cm³/mol. The number of rotatable bonds is 6. The van der Waals surface area contributed by atoms with Crippen molar-refractivity contribution in [2.45, 2.75) is 6.92 Å². The third-order valence-electron chi connectivity index (χ3n) is 5.20. The summed E-state index contributed by atoms with van der Waals surface area (Å²) >= 11 is 0. The number of carbonyl (C=O) groups is 1. The van der Waals surface area contributed by atoms with Gasteiger partial charge in [0.25, 0.3) is 5.91 Å². The van der Waals surface area contributed by atoms with Crippen molar-refractivity contribution < 1.29 is 14.3 Å². The number of anilines is 1. The lowest BCUT2D eigenvalue weighted by atomic mass is 10.0. The minimum atomic E-state index is -0.378. The molecule has 0 fully saturated rings. The minimum Gasteiger partial charge on any atom is -0.497 e. The molecule has 1 N–H and O–H groups in total. The van der Waals surface area contributed by atoms with Crippen molar-refractivity contribution >= 4 is 11.7 Å².